The summed E-state index contributed by atoms with van der Waals surface area (Å²) in [5.74, 6) is 1.46. The second kappa shape index (κ2) is 7.00. The fourth-order valence-electron chi connectivity index (χ4n) is 5.15. The van der Waals surface area contributed by atoms with Crippen molar-refractivity contribution in [3.8, 4) is 0 Å². The second-order valence-electron chi connectivity index (χ2n) is 10.5. The molecule has 8 heteroatoms. The van der Waals surface area contributed by atoms with Crippen LogP contribution in [0.3, 0.4) is 0 Å². The Morgan fingerprint density at radius 1 is 1.13 bits per heavy atom. The van der Waals surface area contributed by atoms with E-state index in [0.29, 0.717) is 42.1 Å². The van der Waals surface area contributed by atoms with Gasteiger partial charge in [-0.15, -0.1) is 0 Å². The normalized spacial score (nSPS) is 31.1. The van der Waals surface area contributed by atoms with Crippen LogP contribution in [-0.4, -0.2) is 53.4 Å². The van der Waals surface area contributed by atoms with Crippen LogP contribution in [0.1, 0.15) is 56.4 Å². The molecule has 0 radical (unpaired) electrons. The lowest BCUT2D eigenvalue weighted by Crippen LogP contribution is -2.38. The minimum Gasteiger partial charge on any atom is -0.465 e. The number of aromatic nitrogens is 1. The van der Waals surface area contributed by atoms with Gasteiger partial charge in [-0.05, 0) is 51.9 Å². The van der Waals surface area contributed by atoms with Gasteiger partial charge in [0, 0.05) is 49.3 Å². The SMILES string of the molecule is COC(=O)c1cn([C@H]2C[C@@H]2C2CC2)c(=O)cc1NC1[C@H]2CN(C(=O)OC(C)(C)C)C[C@@H]12. The molecule has 1 saturated heterocycles. The number of carbonyl (C=O) groups excluding carboxylic acids is 2. The van der Waals surface area contributed by atoms with Gasteiger partial charge in [0.1, 0.15) is 5.60 Å². The molecule has 1 aromatic heterocycles. The third kappa shape index (κ3) is 3.92. The number of rotatable bonds is 5. The number of nitrogens with one attached hydrogen (secondary N) is 1. The Morgan fingerprint density at radius 2 is 1.81 bits per heavy atom. The lowest BCUT2D eigenvalue weighted by Gasteiger charge is -2.26. The molecule has 168 valence electrons. The van der Waals surface area contributed by atoms with E-state index in [9.17, 15) is 14.4 Å². The average molecular weight is 430 g/mol. The molecule has 5 rings (SSSR count). The maximum Gasteiger partial charge on any atom is 0.410 e. The summed E-state index contributed by atoms with van der Waals surface area (Å²) in [5, 5.41) is 3.39. The van der Waals surface area contributed by atoms with E-state index in [2.05, 4.69) is 5.32 Å². The zero-order valence-corrected chi connectivity index (χ0v) is 18.6. The van der Waals surface area contributed by atoms with Crippen LogP contribution in [0.25, 0.3) is 0 Å². The minimum absolute atomic E-state index is 0.0792. The summed E-state index contributed by atoms with van der Waals surface area (Å²) in [6.45, 7) is 6.81. The first kappa shape index (κ1) is 20.4. The van der Waals surface area contributed by atoms with E-state index in [1.165, 1.54) is 26.0 Å². The molecule has 0 bridgehead atoms. The summed E-state index contributed by atoms with van der Waals surface area (Å²) in [4.78, 5) is 39.3. The number of hydrogen-bond donors (Lipinski definition) is 1. The largest absolute Gasteiger partial charge is 0.465 e. The number of fused-ring (bicyclic) bond motifs is 1. The van der Waals surface area contributed by atoms with Crippen molar-refractivity contribution < 1.29 is 19.1 Å². The van der Waals surface area contributed by atoms with Crippen LogP contribution in [-0.2, 0) is 9.47 Å². The molecule has 8 nitrogen and oxygen atoms in total. The van der Waals surface area contributed by atoms with Crippen LogP contribution >= 0.6 is 0 Å². The molecule has 2 heterocycles. The third-order valence-electron chi connectivity index (χ3n) is 7.04. The number of ether oxygens (including phenoxy) is 2. The number of amides is 1. The number of anilines is 1. The quantitative estimate of drug-likeness (QED) is 0.724. The molecule has 31 heavy (non-hydrogen) atoms. The zero-order chi connectivity index (χ0) is 22.1. The Morgan fingerprint density at radius 3 is 2.39 bits per heavy atom. The smallest absolute Gasteiger partial charge is 0.410 e. The van der Waals surface area contributed by atoms with Gasteiger partial charge in [-0.2, -0.15) is 0 Å². The molecule has 0 spiro atoms. The van der Waals surface area contributed by atoms with Gasteiger partial charge in [-0.1, -0.05) is 0 Å². The summed E-state index contributed by atoms with van der Waals surface area (Å²) in [6, 6.07) is 1.88. The van der Waals surface area contributed by atoms with E-state index in [-0.39, 0.29) is 23.7 Å². The van der Waals surface area contributed by atoms with Gasteiger partial charge in [0.2, 0.25) is 0 Å². The number of methoxy groups -OCH3 is 1. The molecule has 1 unspecified atom stereocenters. The van der Waals surface area contributed by atoms with Crippen molar-refractivity contribution in [2.24, 2.45) is 23.7 Å². The highest BCUT2D eigenvalue weighted by Gasteiger charge is 2.57. The van der Waals surface area contributed by atoms with Gasteiger partial charge in [-0.25, -0.2) is 9.59 Å². The average Bonchev–Trinajstić information content (AvgIpc) is 3.60. The number of esters is 1. The highest BCUT2D eigenvalue weighted by molar-refractivity contribution is 5.95. The van der Waals surface area contributed by atoms with Crippen LogP contribution in [0.15, 0.2) is 17.1 Å². The van der Waals surface area contributed by atoms with Crippen molar-refractivity contribution in [2.75, 3.05) is 25.5 Å². The molecule has 5 atom stereocenters. The lowest BCUT2D eigenvalue weighted by atomic mass is 10.2. The standard InChI is InChI=1S/C23H31N3O5/c1-23(2,3)31-22(29)25-9-14-15(10-25)20(14)24-17-8-19(27)26(11-16(17)21(28)30-4)18-7-13(18)12-5-6-12/h8,11-15,18,20,24H,5-7,9-10H2,1-4H3/t13-,14-,15+,18+,20?/m1/s1. The first-order valence-corrected chi connectivity index (χ1v) is 11.2. The first-order chi connectivity index (χ1) is 14.7. The molecule has 1 N–H and O–H groups in total. The molecule has 1 amide bonds. The molecular weight excluding hydrogens is 398 g/mol. The van der Waals surface area contributed by atoms with Crippen molar-refractivity contribution in [3.63, 3.8) is 0 Å². The Bertz CT molecular complexity index is 964. The van der Waals surface area contributed by atoms with Crippen LogP contribution in [0.4, 0.5) is 10.5 Å². The van der Waals surface area contributed by atoms with Gasteiger partial charge < -0.3 is 24.3 Å². The second-order valence-corrected chi connectivity index (χ2v) is 10.5. The fourth-order valence-corrected chi connectivity index (χ4v) is 5.15. The van der Waals surface area contributed by atoms with Gasteiger partial charge in [0.25, 0.3) is 5.56 Å². The Hall–Kier alpha value is -2.51. The van der Waals surface area contributed by atoms with Crippen LogP contribution in [0.5, 0.6) is 0 Å². The molecular formula is C23H31N3O5. The summed E-state index contributed by atoms with van der Waals surface area (Å²) >= 11 is 0. The van der Waals surface area contributed by atoms with Crippen molar-refractivity contribution in [3.05, 3.63) is 28.2 Å². The van der Waals surface area contributed by atoms with E-state index in [4.69, 9.17) is 9.47 Å². The Kier molecular flexibility index (Phi) is 4.61. The molecule has 0 aromatic carbocycles. The van der Waals surface area contributed by atoms with E-state index < -0.39 is 11.6 Å². The molecule has 3 aliphatic carbocycles. The minimum atomic E-state index is -0.513. The van der Waals surface area contributed by atoms with Crippen molar-refractivity contribution in [2.45, 2.75) is 57.7 Å². The number of piperidine rings is 1. The van der Waals surface area contributed by atoms with Crippen LogP contribution in [0.2, 0.25) is 0 Å². The zero-order valence-electron chi connectivity index (χ0n) is 18.6. The summed E-state index contributed by atoms with van der Waals surface area (Å²) in [7, 11) is 1.36. The molecule has 3 saturated carbocycles. The van der Waals surface area contributed by atoms with E-state index in [1.807, 2.05) is 20.8 Å². The van der Waals surface area contributed by atoms with Crippen molar-refractivity contribution in [1.82, 2.24) is 9.47 Å². The highest BCUT2D eigenvalue weighted by Crippen LogP contribution is 2.56. The highest BCUT2D eigenvalue weighted by atomic mass is 16.6. The summed E-state index contributed by atoms with van der Waals surface area (Å²) < 4.78 is 12.2. The van der Waals surface area contributed by atoms with Crippen molar-refractivity contribution in [1.29, 1.82) is 0 Å². The Labute approximate surface area is 181 Å². The monoisotopic (exact) mass is 429 g/mol. The third-order valence-corrected chi connectivity index (χ3v) is 7.04. The van der Waals surface area contributed by atoms with E-state index in [1.54, 1.807) is 15.7 Å². The maximum atomic E-state index is 12.8. The van der Waals surface area contributed by atoms with E-state index >= 15 is 0 Å². The maximum absolute atomic E-state index is 12.8. The summed E-state index contributed by atoms with van der Waals surface area (Å²) in [5.41, 5.74) is 0.336. The van der Waals surface area contributed by atoms with Crippen molar-refractivity contribution >= 4 is 17.7 Å². The summed E-state index contributed by atoms with van der Waals surface area (Å²) in [6.07, 6.45) is 4.92. The van der Waals surface area contributed by atoms with Gasteiger partial charge in [0.05, 0.1) is 18.4 Å². The number of carbonyl (C=O) groups is 2. The number of pyridine rings is 1. The van der Waals surface area contributed by atoms with Crippen LogP contribution in [0, 0.1) is 23.7 Å². The van der Waals surface area contributed by atoms with Gasteiger partial charge in [-0.3, -0.25) is 4.79 Å². The Balaban J connectivity index is 1.27. The van der Waals surface area contributed by atoms with E-state index in [0.717, 1.165) is 12.3 Å². The fraction of sp³-hybridized carbons (Fsp3) is 0.696. The molecule has 1 aliphatic heterocycles. The number of likely N-dealkylation sites (tertiary alicyclic amines) is 1. The predicted molar refractivity (Wildman–Crippen MR) is 114 cm³/mol. The molecule has 4 fully saturated rings. The first-order valence-electron chi connectivity index (χ1n) is 11.2. The lowest BCUT2D eigenvalue weighted by molar-refractivity contribution is 0.0272. The molecule has 4 aliphatic rings. The molecule has 1 aromatic rings. The predicted octanol–water partition coefficient (Wildman–Crippen LogP) is 2.88. The van der Waals surface area contributed by atoms with Gasteiger partial charge >= 0.3 is 12.1 Å². The topological polar surface area (TPSA) is 89.9 Å². The number of nitrogens with zero attached hydrogens (tertiary/aromatic N) is 2. The van der Waals surface area contributed by atoms with Crippen LogP contribution < -0.4 is 10.9 Å². The van der Waals surface area contributed by atoms with Gasteiger partial charge in [0.15, 0.2) is 0 Å². The number of hydrogen-bond acceptors (Lipinski definition) is 6.